The average molecular weight is 338 g/mol. The Morgan fingerprint density at radius 2 is 1.56 bits per heavy atom. The van der Waals surface area contributed by atoms with Crippen molar-refractivity contribution >= 4 is 0 Å². The minimum Gasteiger partial charge on any atom is -0.486 e. The van der Waals surface area contributed by atoms with E-state index >= 15 is 0 Å². The van der Waals surface area contributed by atoms with Gasteiger partial charge in [-0.25, -0.2) is 0 Å². The summed E-state index contributed by atoms with van der Waals surface area (Å²) in [6, 6.07) is 11.4. The summed E-state index contributed by atoms with van der Waals surface area (Å²) in [4.78, 5) is 4.47. The molecular weight excluding hydrogens is 324 g/mol. The Kier molecular flexibility index (Phi) is 3.22. The zero-order valence-electron chi connectivity index (χ0n) is 13.2. The highest BCUT2D eigenvalue weighted by molar-refractivity contribution is 5.61. The third-order valence-corrected chi connectivity index (χ3v) is 4.06. The van der Waals surface area contributed by atoms with E-state index < -0.39 is 0 Å². The van der Waals surface area contributed by atoms with Crippen LogP contribution in [0.1, 0.15) is 11.5 Å². The Morgan fingerprint density at radius 1 is 0.800 bits per heavy atom. The summed E-state index contributed by atoms with van der Waals surface area (Å²) in [5.41, 5.74) is 1.84. The molecule has 0 unspecified atom stereocenters. The van der Waals surface area contributed by atoms with Crippen LogP contribution in [0.15, 0.2) is 40.9 Å². The number of ether oxygens (including phenoxy) is 4. The lowest BCUT2D eigenvalue weighted by atomic mass is 10.1. The maximum atomic E-state index is 5.59. The molecule has 25 heavy (non-hydrogen) atoms. The van der Waals surface area contributed by atoms with Crippen LogP contribution in [0.5, 0.6) is 23.0 Å². The summed E-state index contributed by atoms with van der Waals surface area (Å²) in [5, 5.41) is 4.07. The highest BCUT2D eigenvalue weighted by Crippen LogP contribution is 2.35. The van der Waals surface area contributed by atoms with Gasteiger partial charge in [0.25, 0.3) is 0 Å². The molecule has 0 atom stereocenters. The van der Waals surface area contributed by atoms with Gasteiger partial charge in [0.2, 0.25) is 18.5 Å². The number of hydrogen-bond acceptors (Lipinski definition) is 7. The molecule has 7 heteroatoms. The molecule has 3 heterocycles. The third-order valence-electron chi connectivity index (χ3n) is 4.06. The summed E-state index contributed by atoms with van der Waals surface area (Å²) >= 11 is 0. The van der Waals surface area contributed by atoms with Crippen LogP contribution >= 0.6 is 0 Å². The molecule has 0 saturated heterocycles. The van der Waals surface area contributed by atoms with Crippen molar-refractivity contribution in [1.29, 1.82) is 0 Å². The molecule has 0 spiro atoms. The number of nitrogens with zero attached hydrogens (tertiary/aromatic N) is 2. The number of hydrogen-bond donors (Lipinski definition) is 0. The van der Waals surface area contributed by atoms with Crippen LogP contribution in [-0.4, -0.2) is 30.1 Å². The minimum absolute atomic E-state index is 0.258. The second kappa shape index (κ2) is 5.70. The predicted molar refractivity (Wildman–Crippen MR) is 86.1 cm³/mol. The molecule has 2 aromatic carbocycles. The topological polar surface area (TPSA) is 75.8 Å². The smallest absolute Gasteiger partial charge is 0.231 e. The Morgan fingerprint density at radius 3 is 2.52 bits per heavy atom. The maximum absolute atomic E-state index is 5.59. The van der Waals surface area contributed by atoms with E-state index in [1.54, 1.807) is 0 Å². The molecule has 2 aliphatic heterocycles. The van der Waals surface area contributed by atoms with Crippen molar-refractivity contribution in [3.8, 4) is 34.4 Å². The molecule has 2 aliphatic rings. The van der Waals surface area contributed by atoms with Gasteiger partial charge in [0.05, 0.1) is 6.42 Å². The van der Waals surface area contributed by atoms with Crippen LogP contribution in [0.4, 0.5) is 0 Å². The molecule has 7 nitrogen and oxygen atoms in total. The fourth-order valence-electron chi connectivity index (χ4n) is 2.85. The summed E-state index contributed by atoms with van der Waals surface area (Å²) in [6.45, 7) is 1.36. The molecule has 0 aliphatic carbocycles. The summed E-state index contributed by atoms with van der Waals surface area (Å²) < 4.78 is 27.2. The first-order valence-corrected chi connectivity index (χ1v) is 7.96. The Labute approximate surface area is 143 Å². The molecule has 0 saturated carbocycles. The van der Waals surface area contributed by atoms with Gasteiger partial charge in [-0.15, -0.1) is 0 Å². The average Bonchev–Trinajstić information content (AvgIpc) is 3.30. The van der Waals surface area contributed by atoms with Gasteiger partial charge in [0.1, 0.15) is 13.2 Å². The fraction of sp³-hybridized carbons (Fsp3) is 0.222. The second-order valence-electron chi connectivity index (χ2n) is 5.73. The largest absolute Gasteiger partial charge is 0.486 e. The van der Waals surface area contributed by atoms with Gasteiger partial charge in [0, 0.05) is 5.56 Å². The number of benzene rings is 2. The number of aromatic nitrogens is 2. The first-order valence-electron chi connectivity index (χ1n) is 7.96. The molecule has 1 aromatic heterocycles. The van der Waals surface area contributed by atoms with Crippen LogP contribution < -0.4 is 18.9 Å². The second-order valence-corrected chi connectivity index (χ2v) is 5.73. The molecular formula is C18H14N2O5. The Hall–Kier alpha value is -3.22. The molecule has 0 fully saturated rings. The van der Waals surface area contributed by atoms with E-state index in [-0.39, 0.29) is 6.79 Å². The van der Waals surface area contributed by atoms with Crippen molar-refractivity contribution in [3.63, 3.8) is 0 Å². The maximum Gasteiger partial charge on any atom is 0.231 e. The van der Waals surface area contributed by atoms with E-state index in [1.807, 2.05) is 36.4 Å². The lowest BCUT2D eigenvalue weighted by Gasteiger charge is -2.18. The van der Waals surface area contributed by atoms with Gasteiger partial charge >= 0.3 is 0 Å². The highest BCUT2D eigenvalue weighted by atomic mass is 16.7. The Bertz CT molecular complexity index is 937. The first kappa shape index (κ1) is 14.2. The molecule has 0 bridgehead atoms. The van der Waals surface area contributed by atoms with Crippen molar-refractivity contribution in [2.24, 2.45) is 0 Å². The van der Waals surface area contributed by atoms with E-state index in [4.69, 9.17) is 23.5 Å². The van der Waals surface area contributed by atoms with Crippen LogP contribution in [0.3, 0.4) is 0 Å². The van der Waals surface area contributed by atoms with E-state index in [1.165, 1.54) is 0 Å². The van der Waals surface area contributed by atoms with E-state index in [0.717, 1.165) is 28.4 Å². The number of rotatable bonds is 3. The third kappa shape index (κ3) is 2.63. The molecule has 5 rings (SSSR count). The van der Waals surface area contributed by atoms with Gasteiger partial charge in [0.15, 0.2) is 23.0 Å². The van der Waals surface area contributed by atoms with Crippen molar-refractivity contribution in [1.82, 2.24) is 10.1 Å². The minimum atomic E-state index is 0.258. The fourth-order valence-corrected chi connectivity index (χ4v) is 2.85. The molecule has 0 N–H and O–H groups in total. The SMILES string of the molecule is c1cc2c(cc1Cc1nc(-c3ccc4c(c3)OCCO4)no1)OCO2. The monoisotopic (exact) mass is 338 g/mol. The van der Waals surface area contributed by atoms with Crippen LogP contribution in [0.2, 0.25) is 0 Å². The summed E-state index contributed by atoms with van der Waals surface area (Å²) in [7, 11) is 0. The zero-order valence-corrected chi connectivity index (χ0v) is 13.2. The molecule has 0 radical (unpaired) electrons. The molecule has 3 aromatic rings. The van der Waals surface area contributed by atoms with Crippen molar-refractivity contribution in [2.75, 3.05) is 20.0 Å². The normalized spacial score (nSPS) is 14.6. The predicted octanol–water partition coefficient (Wildman–Crippen LogP) is 2.83. The van der Waals surface area contributed by atoms with Gasteiger partial charge < -0.3 is 23.5 Å². The van der Waals surface area contributed by atoms with Crippen molar-refractivity contribution < 1.29 is 23.5 Å². The highest BCUT2D eigenvalue weighted by Gasteiger charge is 2.17. The van der Waals surface area contributed by atoms with Crippen molar-refractivity contribution in [3.05, 3.63) is 47.9 Å². The standard InChI is InChI=1S/C18H14N2O5/c1-3-14-15(24-10-23-14)7-11(1)8-17-19-18(20-25-17)12-2-4-13-16(9-12)22-6-5-21-13/h1-4,7,9H,5-6,8,10H2. The van der Waals surface area contributed by atoms with Crippen LogP contribution in [0.25, 0.3) is 11.4 Å². The van der Waals surface area contributed by atoms with E-state index in [2.05, 4.69) is 10.1 Å². The van der Waals surface area contributed by atoms with E-state index in [0.29, 0.717) is 37.1 Å². The van der Waals surface area contributed by atoms with Crippen LogP contribution in [-0.2, 0) is 6.42 Å². The number of fused-ring (bicyclic) bond motifs is 2. The molecule has 0 amide bonds. The van der Waals surface area contributed by atoms with E-state index in [9.17, 15) is 0 Å². The lowest BCUT2D eigenvalue weighted by molar-refractivity contribution is 0.171. The van der Waals surface area contributed by atoms with Crippen LogP contribution in [0, 0.1) is 0 Å². The van der Waals surface area contributed by atoms with Crippen molar-refractivity contribution in [2.45, 2.75) is 6.42 Å². The van der Waals surface area contributed by atoms with Gasteiger partial charge in [-0.05, 0) is 35.9 Å². The van der Waals surface area contributed by atoms with Gasteiger partial charge in [-0.2, -0.15) is 4.98 Å². The van der Waals surface area contributed by atoms with Gasteiger partial charge in [-0.1, -0.05) is 11.2 Å². The quantitative estimate of drug-likeness (QED) is 0.727. The lowest BCUT2D eigenvalue weighted by Crippen LogP contribution is -2.15. The van der Waals surface area contributed by atoms with Gasteiger partial charge in [-0.3, -0.25) is 0 Å². The first-order chi connectivity index (χ1) is 12.3. The Balaban J connectivity index is 1.38. The zero-order chi connectivity index (χ0) is 16.6. The summed E-state index contributed by atoms with van der Waals surface area (Å²) in [6.07, 6.45) is 0.522. The molecule has 126 valence electrons. The summed E-state index contributed by atoms with van der Waals surface area (Å²) in [5.74, 6) is 3.98.